The molecule has 384 valence electrons. The van der Waals surface area contributed by atoms with Gasteiger partial charge in [0.15, 0.2) is 0 Å². The smallest absolute Gasteiger partial charge is 0.410 e. The topological polar surface area (TPSA) is 168 Å². The molecule has 0 bridgehead atoms. The highest BCUT2D eigenvalue weighted by Crippen LogP contribution is 2.52. The number of rotatable bonds is 12. The summed E-state index contributed by atoms with van der Waals surface area (Å²) in [6, 6.07) is 9.09. The minimum absolute atomic E-state index is 0.0139. The largest absolute Gasteiger partial charge is 0.487 e. The molecule has 6 aliphatic rings. The lowest BCUT2D eigenvalue weighted by Crippen LogP contribution is -2.63. The number of piperidine rings is 2. The second-order valence-corrected chi connectivity index (χ2v) is 21.4. The maximum absolute atomic E-state index is 16.7. The minimum atomic E-state index is -4.74. The first-order chi connectivity index (χ1) is 33.7. The van der Waals surface area contributed by atoms with Gasteiger partial charge in [-0.1, -0.05) is 30.3 Å². The molecule has 71 heavy (non-hydrogen) atoms. The number of fused-ring (bicyclic) bond motifs is 1. The Labute approximate surface area is 410 Å². The van der Waals surface area contributed by atoms with Crippen molar-refractivity contribution in [3.8, 4) is 5.75 Å². The molecule has 2 saturated carbocycles. The third-order valence-corrected chi connectivity index (χ3v) is 15.1. The fourth-order valence-corrected chi connectivity index (χ4v) is 11.0. The Kier molecular flexibility index (Phi) is 14.1. The molecule has 2 N–H and O–H groups in total. The number of nitrogens with one attached hydrogen (secondary N) is 2. The number of nitrogens with zero attached hydrogens (tertiary/aromatic N) is 6. The fourth-order valence-electron chi connectivity index (χ4n) is 11.0. The van der Waals surface area contributed by atoms with E-state index in [4.69, 9.17) is 14.2 Å². The van der Waals surface area contributed by atoms with E-state index in [2.05, 4.69) is 15.7 Å². The van der Waals surface area contributed by atoms with Crippen LogP contribution in [0.4, 0.5) is 32.8 Å². The number of amides is 5. The van der Waals surface area contributed by atoms with Gasteiger partial charge in [-0.3, -0.25) is 24.0 Å². The van der Waals surface area contributed by atoms with Crippen molar-refractivity contribution in [2.75, 3.05) is 51.1 Å². The van der Waals surface area contributed by atoms with Crippen molar-refractivity contribution >= 4 is 35.6 Å². The lowest BCUT2D eigenvalue weighted by molar-refractivity contribution is -0.204. The van der Waals surface area contributed by atoms with Crippen molar-refractivity contribution in [1.29, 1.82) is 0 Å². The monoisotopic (exact) mass is 992 g/mol. The predicted octanol–water partition coefficient (Wildman–Crippen LogP) is 7.45. The molecule has 20 heteroatoms. The van der Waals surface area contributed by atoms with Gasteiger partial charge < -0.3 is 39.5 Å². The van der Waals surface area contributed by atoms with Crippen molar-refractivity contribution in [2.45, 2.75) is 121 Å². The summed E-state index contributed by atoms with van der Waals surface area (Å²) in [7, 11) is 1.62. The first-order valence-corrected chi connectivity index (χ1v) is 24.9. The zero-order valence-electron chi connectivity index (χ0n) is 40.7. The lowest BCUT2D eigenvalue weighted by Gasteiger charge is -2.51. The average Bonchev–Trinajstić information content (AvgIpc) is 4.27. The molecule has 1 aromatic heterocycles. The molecule has 1 spiro atoms. The Morgan fingerprint density at radius 2 is 1.56 bits per heavy atom. The van der Waals surface area contributed by atoms with Crippen LogP contribution >= 0.6 is 0 Å². The lowest BCUT2D eigenvalue weighted by atomic mass is 9.79. The molecule has 1 unspecified atom stereocenters. The summed E-state index contributed by atoms with van der Waals surface area (Å²) >= 11 is 0. The van der Waals surface area contributed by atoms with Gasteiger partial charge in [0.2, 0.25) is 11.8 Å². The molecular formula is C51H64F4N8O8. The van der Waals surface area contributed by atoms with Crippen LogP contribution in [0.2, 0.25) is 0 Å². The van der Waals surface area contributed by atoms with Crippen LogP contribution in [-0.2, 0) is 32.7 Å². The number of anilines is 1. The summed E-state index contributed by atoms with van der Waals surface area (Å²) in [5.41, 5.74) is -0.847. The number of piperazine rings is 1. The normalized spacial score (nSPS) is 22.4. The van der Waals surface area contributed by atoms with Gasteiger partial charge in [-0.05, 0) is 101 Å². The molecule has 3 saturated heterocycles. The molecule has 3 atom stereocenters. The van der Waals surface area contributed by atoms with E-state index in [1.54, 1.807) is 38.8 Å². The highest BCUT2D eigenvalue weighted by molar-refractivity contribution is 6.01. The van der Waals surface area contributed by atoms with Gasteiger partial charge in [0, 0.05) is 83.4 Å². The zero-order valence-corrected chi connectivity index (χ0v) is 40.7. The Balaban J connectivity index is 0.969. The van der Waals surface area contributed by atoms with Crippen LogP contribution < -0.4 is 15.4 Å². The van der Waals surface area contributed by atoms with E-state index < -0.39 is 84.3 Å². The average molecular weight is 993 g/mol. The van der Waals surface area contributed by atoms with E-state index in [-0.39, 0.29) is 91.9 Å². The molecule has 2 aliphatic carbocycles. The number of ether oxygens (including phenoxy) is 3. The highest BCUT2D eigenvalue weighted by Gasteiger charge is 2.54. The van der Waals surface area contributed by atoms with Gasteiger partial charge in [-0.25, -0.2) is 14.0 Å². The van der Waals surface area contributed by atoms with Crippen LogP contribution in [0.25, 0.3) is 0 Å². The first kappa shape index (κ1) is 50.0. The highest BCUT2D eigenvalue weighted by atomic mass is 19.4. The molecule has 2 aromatic carbocycles. The van der Waals surface area contributed by atoms with E-state index in [0.29, 0.717) is 25.9 Å². The van der Waals surface area contributed by atoms with Crippen LogP contribution in [0.3, 0.4) is 0 Å². The summed E-state index contributed by atoms with van der Waals surface area (Å²) in [6.45, 7) is 5.02. The second kappa shape index (κ2) is 19.9. The molecule has 4 aliphatic heterocycles. The quantitative estimate of drug-likeness (QED) is 0.174. The van der Waals surface area contributed by atoms with Gasteiger partial charge in [0.1, 0.15) is 47.2 Å². The van der Waals surface area contributed by atoms with Gasteiger partial charge in [-0.2, -0.15) is 18.3 Å². The third-order valence-electron chi connectivity index (χ3n) is 15.1. The molecular weight excluding hydrogens is 929 g/mol. The summed E-state index contributed by atoms with van der Waals surface area (Å²) in [4.78, 5) is 73.9. The molecule has 5 amide bonds. The number of carbonyl (C=O) groups is 5. The van der Waals surface area contributed by atoms with Crippen molar-refractivity contribution < 1.29 is 55.7 Å². The Bertz CT molecular complexity index is 2450. The van der Waals surface area contributed by atoms with Crippen molar-refractivity contribution in [2.24, 2.45) is 30.7 Å². The van der Waals surface area contributed by atoms with E-state index >= 15 is 17.6 Å². The van der Waals surface area contributed by atoms with E-state index in [0.717, 1.165) is 37.3 Å². The number of hydrogen-bond acceptors (Lipinski definition) is 10. The van der Waals surface area contributed by atoms with Crippen LogP contribution in [0.5, 0.6) is 5.75 Å². The third kappa shape index (κ3) is 11.6. The second-order valence-electron chi connectivity index (χ2n) is 21.4. The summed E-state index contributed by atoms with van der Waals surface area (Å²) in [5, 5.41) is 9.76. The molecule has 16 nitrogen and oxygen atoms in total. The number of alkyl halides is 3. The molecule has 3 aromatic rings. The summed E-state index contributed by atoms with van der Waals surface area (Å²) < 4.78 is 81.8. The van der Waals surface area contributed by atoms with Gasteiger partial charge >= 0.3 is 18.4 Å². The fraction of sp³-hybridized carbons (Fsp3) is 0.608. The minimum Gasteiger partial charge on any atom is -0.487 e. The van der Waals surface area contributed by atoms with E-state index in [9.17, 15) is 24.0 Å². The van der Waals surface area contributed by atoms with Gasteiger partial charge in [0.05, 0.1) is 18.3 Å². The Morgan fingerprint density at radius 3 is 2.17 bits per heavy atom. The number of likely N-dealkylation sites (tertiary alicyclic amines) is 2. The van der Waals surface area contributed by atoms with Crippen LogP contribution in [0.1, 0.15) is 106 Å². The Morgan fingerprint density at radius 1 is 0.901 bits per heavy atom. The van der Waals surface area contributed by atoms with Gasteiger partial charge in [-0.15, -0.1) is 0 Å². The standard InChI is InChI=1S/C51H64F4N8O8/c1-49(2,3)71-48(68)60-20-15-31(16-21-60)27-62-29-42(64)63(28-41(62)51(53,54)55)39-26-50(17-22-61(23-18-50)47(67)69-30-32-8-6-5-7-9-32)70-40-25-37(36(52)24-35(39)40)57-46(66)44(43(33-10-11-33)34-12-13-34)58-45(65)38-14-19-56-59(38)4/h5-9,14,19,24-25,31,33-34,39,41,43-44H,10-13,15-18,20-23,26-30H2,1-4H3,(H,57,66)(H,58,65)/t39?,41-,44-/m0/s1. The first-order valence-electron chi connectivity index (χ1n) is 24.9. The Hall–Kier alpha value is -5.92. The maximum atomic E-state index is 16.7. The summed E-state index contributed by atoms with van der Waals surface area (Å²) in [5.74, 6) is -2.48. The van der Waals surface area contributed by atoms with Crippen LogP contribution in [0.15, 0.2) is 54.7 Å². The van der Waals surface area contributed by atoms with E-state index in [1.807, 2.05) is 30.3 Å². The predicted molar refractivity (Wildman–Crippen MR) is 250 cm³/mol. The summed E-state index contributed by atoms with van der Waals surface area (Å²) in [6.07, 6.45) is 0.627. The number of aromatic nitrogens is 2. The van der Waals surface area contributed by atoms with Gasteiger partial charge in [0.25, 0.3) is 5.91 Å². The molecule has 0 radical (unpaired) electrons. The number of aryl methyl sites for hydroxylation is 1. The van der Waals surface area contributed by atoms with Crippen LogP contribution in [-0.4, -0.2) is 135 Å². The van der Waals surface area contributed by atoms with Crippen molar-refractivity contribution in [3.63, 3.8) is 0 Å². The molecule has 5 fully saturated rings. The van der Waals surface area contributed by atoms with Crippen molar-refractivity contribution in [1.82, 2.24) is 34.7 Å². The number of benzene rings is 2. The SMILES string of the molecule is Cn1nccc1C(=O)N[C@H](C(=O)Nc1cc2c(cc1F)C(N1C[C@@H](C(F)(F)F)N(CC3CCN(C(=O)OC(C)(C)C)CC3)CC1=O)CC1(CCN(C(=O)OCc3ccccc3)CC1)O2)C(C1CC1)C1CC1. The van der Waals surface area contributed by atoms with Crippen LogP contribution in [0, 0.1) is 29.5 Å². The molecule has 5 heterocycles. The van der Waals surface area contributed by atoms with E-state index in [1.165, 1.54) is 31.6 Å². The molecule has 9 rings (SSSR count). The maximum Gasteiger partial charge on any atom is 0.410 e. The van der Waals surface area contributed by atoms with Crippen molar-refractivity contribution in [3.05, 3.63) is 77.4 Å². The zero-order chi connectivity index (χ0) is 50.4. The number of halogens is 4. The number of carbonyl (C=O) groups excluding carboxylic acids is 5. The number of hydrogen-bond donors (Lipinski definition) is 2.